The molecule has 4 heteroatoms. The van der Waals surface area contributed by atoms with Gasteiger partial charge in [-0.15, -0.1) is 18.3 Å². The number of carbonyl (C=O) groups is 1. The van der Waals surface area contributed by atoms with E-state index in [4.69, 9.17) is 4.74 Å². The molecule has 2 aromatic carbocycles. The van der Waals surface area contributed by atoms with Crippen LogP contribution in [0.25, 0.3) is 0 Å². The third kappa shape index (κ3) is 5.46. The zero-order valence-corrected chi connectivity index (χ0v) is 14.8. The van der Waals surface area contributed by atoms with Crippen molar-refractivity contribution >= 4 is 17.7 Å². The Morgan fingerprint density at radius 2 is 2.08 bits per heavy atom. The highest BCUT2D eigenvalue weighted by molar-refractivity contribution is 7.99. The number of hydrogen-bond donors (Lipinski definition) is 1. The molecule has 2 rings (SSSR count). The minimum absolute atomic E-state index is 0.0206. The van der Waals surface area contributed by atoms with Crippen molar-refractivity contribution in [3.63, 3.8) is 0 Å². The molecule has 0 fully saturated rings. The average Bonchev–Trinajstić information content (AvgIpc) is 2.63. The van der Waals surface area contributed by atoms with Crippen LogP contribution in [0.3, 0.4) is 0 Å². The third-order valence-electron chi connectivity index (χ3n) is 3.55. The molecule has 0 atom stereocenters. The zero-order chi connectivity index (χ0) is 17.2. The lowest BCUT2D eigenvalue weighted by atomic mass is 10.1. The summed E-state index contributed by atoms with van der Waals surface area (Å²) in [6, 6.07) is 15.7. The number of aryl methyl sites for hydroxylation is 1. The predicted molar refractivity (Wildman–Crippen MR) is 101 cm³/mol. The van der Waals surface area contributed by atoms with E-state index in [0.717, 1.165) is 34.8 Å². The zero-order valence-electron chi connectivity index (χ0n) is 14.0. The van der Waals surface area contributed by atoms with E-state index in [1.165, 1.54) is 5.56 Å². The Kier molecular flexibility index (Phi) is 7.43. The fraction of sp³-hybridized carbons (Fsp3) is 0.250. The molecular weight excluding hydrogens is 318 g/mol. The van der Waals surface area contributed by atoms with Crippen molar-refractivity contribution in [2.24, 2.45) is 0 Å². The molecule has 0 bridgehead atoms. The molecule has 2 aromatic rings. The van der Waals surface area contributed by atoms with Crippen molar-refractivity contribution in [2.75, 3.05) is 19.4 Å². The minimum Gasteiger partial charge on any atom is -0.497 e. The van der Waals surface area contributed by atoms with Crippen molar-refractivity contribution < 1.29 is 9.53 Å². The summed E-state index contributed by atoms with van der Waals surface area (Å²) >= 11 is 1.62. The Morgan fingerprint density at radius 3 is 2.88 bits per heavy atom. The highest BCUT2D eigenvalue weighted by Gasteiger charge is 2.10. The first-order valence-corrected chi connectivity index (χ1v) is 8.97. The lowest BCUT2D eigenvalue weighted by Gasteiger charge is -2.09. The molecule has 126 valence electrons. The van der Waals surface area contributed by atoms with E-state index in [1.54, 1.807) is 18.9 Å². The van der Waals surface area contributed by atoms with E-state index in [9.17, 15) is 4.79 Å². The third-order valence-corrected chi connectivity index (χ3v) is 4.62. The van der Waals surface area contributed by atoms with Crippen LogP contribution in [0.5, 0.6) is 5.75 Å². The van der Waals surface area contributed by atoms with Crippen LogP contribution in [0.1, 0.15) is 22.3 Å². The molecule has 0 aromatic heterocycles. The van der Waals surface area contributed by atoms with Crippen LogP contribution < -0.4 is 10.1 Å². The van der Waals surface area contributed by atoms with Crippen molar-refractivity contribution in [2.45, 2.75) is 17.7 Å². The van der Waals surface area contributed by atoms with Gasteiger partial charge in [-0.1, -0.05) is 30.3 Å². The van der Waals surface area contributed by atoms with Gasteiger partial charge in [0, 0.05) is 17.2 Å². The second kappa shape index (κ2) is 9.83. The van der Waals surface area contributed by atoms with Crippen LogP contribution in [0.2, 0.25) is 0 Å². The molecule has 0 heterocycles. The standard InChI is InChI=1S/C20H23NO2S/c1-3-14-24-19-12-5-4-11-18(19)20(22)21-13-7-9-16-8-6-10-17(15-16)23-2/h3-6,8,10-12,15H,1,7,9,13-14H2,2H3,(H,21,22). The van der Waals surface area contributed by atoms with E-state index in [2.05, 4.69) is 18.0 Å². The lowest BCUT2D eigenvalue weighted by molar-refractivity contribution is 0.0950. The van der Waals surface area contributed by atoms with Gasteiger partial charge in [-0.05, 0) is 42.7 Å². The molecule has 1 amide bonds. The van der Waals surface area contributed by atoms with Crippen molar-refractivity contribution in [1.82, 2.24) is 5.32 Å². The number of ether oxygens (including phenoxy) is 1. The van der Waals surface area contributed by atoms with Gasteiger partial charge in [0.05, 0.1) is 12.7 Å². The van der Waals surface area contributed by atoms with Crippen molar-refractivity contribution in [3.05, 3.63) is 72.3 Å². The van der Waals surface area contributed by atoms with Crippen LogP contribution >= 0.6 is 11.8 Å². The molecule has 0 aliphatic heterocycles. The smallest absolute Gasteiger partial charge is 0.252 e. The van der Waals surface area contributed by atoms with Crippen molar-refractivity contribution in [1.29, 1.82) is 0 Å². The first-order valence-electron chi connectivity index (χ1n) is 7.98. The summed E-state index contributed by atoms with van der Waals surface area (Å²) in [5, 5.41) is 3.01. The molecule has 0 spiro atoms. The molecule has 0 aliphatic rings. The Morgan fingerprint density at radius 1 is 1.25 bits per heavy atom. The van der Waals surface area contributed by atoms with E-state index in [0.29, 0.717) is 6.54 Å². The Labute approximate surface area is 148 Å². The first-order chi connectivity index (χ1) is 11.7. The largest absolute Gasteiger partial charge is 0.497 e. The number of methoxy groups -OCH3 is 1. The second-order valence-electron chi connectivity index (χ2n) is 5.31. The first kappa shape index (κ1) is 18.1. The summed E-state index contributed by atoms with van der Waals surface area (Å²) in [5.41, 5.74) is 1.94. The molecule has 0 saturated heterocycles. The molecule has 0 saturated carbocycles. The normalized spacial score (nSPS) is 10.2. The van der Waals surface area contributed by atoms with Gasteiger partial charge in [-0.2, -0.15) is 0 Å². The van der Waals surface area contributed by atoms with Crippen LogP contribution in [0, 0.1) is 0 Å². The van der Waals surface area contributed by atoms with Crippen LogP contribution in [0.4, 0.5) is 0 Å². The summed E-state index contributed by atoms with van der Waals surface area (Å²) in [6.45, 7) is 4.37. The number of carbonyl (C=O) groups excluding carboxylic acids is 1. The van der Waals surface area contributed by atoms with Crippen LogP contribution in [-0.2, 0) is 6.42 Å². The van der Waals surface area contributed by atoms with Crippen LogP contribution in [-0.4, -0.2) is 25.3 Å². The maximum atomic E-state index is 12.4. The van der Waals surface area contributed by atoms with Gasteiger partial charge in [0.15, 0.2) is 0 Å². The number of amides is 1. The molecule has 0 radical (unpaired) electrons. The highest BCUT2D eigenvalue weighted by atomic mass is 32.2. The Balaban J connectivity index is 1.84. The second-order valence-corrected chi connectivity index (χ2v) is 6.37. The van der Waals surface area contributed by atoms with E-state index in [1.807, 2.05) is 48.5 Å². The van der Waals surface area contributed by atoms with Gasteiger partial charge in [-0.25, -0.2) is 0 Å². The molecule has 24 heavy (non-hydrogen) atoms. The molecule has 0 unspecified atom stereocenters. The molecule has 3 nitrogen and oxygen atoms in total. The Bertz CT molecular complexity index is 685. The monoisotopic (exact) mass is 341 g/mol. The average molecular weight is 341 g/mol. The summed E-state index contributed by atoms with van der Waals surface area (Å²) in [7, 11) is 1.67. The molecule has 1 N–H and O–H groups in total. The van der Waals surface area contributed by atoms with Gasteiger partial charge in [0.1, 0.15) is 5.75 Å². The number of thioether (sulfide) groups is 1. The van der Waals surface area contributed by atoms with Gasteiger partial charge in [0.25, 0.3) is 5.91 Å². The van der Waals surface area contributed by atoms with Gasteiger partial charge < -0.3 is 10.1 Å². The van der Waals surface area contributed by atoms with E-state index in [-0.39, 0.29) is 5.91 Å². The number of rotatable bonds is 9. The van der Waals surface area contributed by atoms with Crippen LogP contribution in [0.15, 0.2) is 66.1 Å². The van der Waals surface area contributed by atoms with E-state index >= 15 is 0 Å². The van der Waals surface area contributed by atoms with Gasteiger partial charge in [-0.3, -0.25) is 4.79 Å². The number of benzene rings is 2. The maximum Gasteiger partial charge on any atom is 0.252 e. The maximum absolute atomic E-state index is 12.4. The molecule has 0 aliphatic carbocycles. The SMILES string of the molecule is C=CCSc1ccccc1C(=O)NCCCc1cccc(OC)c1. The summed E-state index contributed by atoms with van der Waals surface area (Å²) < 4.78 is 5.22. The fourth-order valence-electron chi connectivity index (χ4n) is 2.35. The minimum atomic E-state index is -0.0206. The summed E-state index contributed by atoms with van der Waals surface area (Å²) in [4.78, 5) is 13.4. The van der Waals surface area contributed by atoms with Crippen molar-refractivity contribution in [3.8, 4) is 5.75 Å². The summed E-state index contributed by atoms with van der Waals surface area (Å²) in [6.07, 6.45) is 3.64. The number of nitrogens with one attached hydrogen (secondary N) is 1. The highest BCUT2D eigenvalue weighted by Crippen LogP contribution is 2.22. The summed E-state index contributed by atoms with van der Waals surface area (Å²) in [5.74, 6) is 1.64. The quantitative estimate of drug-likeness (QED) is 0.419. The number of hydrogen-bond acceptors (Lipinski definition) is 3. The lowest BCUT2D eigenvalue weighted by Crippen LogP contribution is -2.25. The van der Waals surface area contributed by atoms with Gasteiger partial charge in [0.2, 0.25) is 0 Å². The van der Waals surface area contributed by atoms with E-state index < -0.39 is 0 Å². The fourth-order valence-corrected chi connectivity index (χ4v) is 3.13. The Hall–Kier alpha value is -2.20. The topological polar surface area (TPSA) is 38.3 Å². The predicted octanol–water partition coefficient (Wildman–Crippen LogP) is 4.34. The molecular formula is C20H23NO2S. The van der Waals surface area contributed by atoms with Gasteiger partial charge >= 0.3 is 0 Å².